The van der Waals surface area contributed by atoms with Crippen molar-refractivity contribution in [2.24, 2.45) is 0 Å². The Kier molecular flexibility index (Phi) is 7.02. The number of hydrogen-bond donors (Lipinski definition) is 2. The Morgan fingerprint density at radius 2 is 0.516 bits per heavy atom. The van der Waals surface area contributed by atoms with E-state index in [0.29, 0.717) is 0 Å². The van der Waals surface area contributed by atoms with Gasteiger partial charge in [0.25, 0.3) is 0 Å². The van der Waals surface area contributed by atoms with Crippen LogP contribution in [0.25, 0.3) is 0 Å². The Morgan fingerprint density at radius 1 is 0.323 bits per heavy atom. The van der Waals surface area contributed by atoms with Crippen LogP contribution in [0.2, 0.25) is 0 Å². The molecule has 20 heteroatoms. The molecule has 0 saturated carbocycles. The van der Waals surface area contributed by atoms with E-state index in [-0.39, 0.29) is 0 Å². The first-order valence-corrected chi connectivity index (χ1v) is 6.74. The van der Waals surface area contributed by atoms with Crippen molar-refractivity contribution < 1.29 is 89.2 Å². The van der Waals surface area contributed by atoms with Gasteiger partial charge in [0, 0.05) is 0 Å². The second-order valence-corrected chi connectivity index (χ2v) is 5.80. The van der Waals surface area contributed by atoms with Gasteiger partial charge in [-0.25, -0.2) is 4.39 Å². The molecule has 0 aromatic heterocycles. The summed E-state index contributed by atoms with van der Waals surface area (Å²) in [6.07, 6.45) is -7.88. The number of alkyl halides is 18. The van der Waals surface area contributed by atoms with E-state index in [1.165, 1.54) is 0 Å². The lowest BCUT2D eigenvalue weighted by Gasteiger charge is -2.44. The molecule has 0 aromatic carbocycles. The molecule has 0 aromatic rings. The Bertz CT molecular complexity index is 645. The molecule has 0 rings (SSSR count). The van der Waals surface area contributed by atoms with E-state index in [1.54, 1.807) is 0 Å². The highest BCUT2D eigenvalue weighted by Gasteiger charge is 2.96. The van der Waals surface area contributed by atoms with Gasteiger partial charge in [0.05, 0.1) is 13.2 Å². The van der Waals surface area contributed by atoms with Crippen LogP contribution in [-0.2, 0) is 0 Å². The maximum absolute atomic E-state index is 13.4. The minimum Gasteiger partial charge on any atom is -0.393 e. The highest BCUT2D eigenvalue weighted by Crippen LogP contribution is 2.64. The van der Waals surface area contributed by atoms with Gasteiger partial charge >= 0.3 is 47.6 Å². The third kappa shape index (κ3) is 3.47. The van der Waals surface area contributed by atoms with Crippen LogP contribution >= 0.6 is 0 Å². The summed E-state index contributed by atoms with van der Waals surface area (Å²) >= 11 is 0. The quantitative estimate of drug-likeness (QED) is 0.441. The Hall–Kier alpha value is -1.34. The molecule has 0 heterocycles. The van der Waals surface area contributed by atoms with E-state index < -0.39 is 66.5 Å². The predicted molar refractivity (Wildman–Crippen MR) is 58.7 cm³/mol. The lowest BCUT2D eigenvalue weighted by Crippen LogP contribution is -2.76. The van der Waals surface area contributed by atoms with Crippen molar-refractivity contribution in [3.05, 3.63) is 0 Å². The van der Waals surface area contributed by atoms with E-state index in [4.69, 9.17) is 10.2 Å². The third-order valence-electron chi connectivity index (χ3n) is 3.79. The highest BCUT2D eigenvalue weighted by atomic mass is 19.4. The summed E-state index contributed by atoms with van der Waals surface area (Å²) in [4.78, 5) is 0. The number of aliphatic hydroxyl groups excluding tert-OH is 2. The summed E-state index contributed by atoms with van der Waals surface area (Å²) in [5.74, 6) is -59.2. The largest absolute Gasteiger partial charge is 0.460 e. The van der Waals surface area contributed by atoms with Crippen molar-refractivity contribution in [1.82, 2.24) is 0 Å². The molecule has 2 N–H and O–H groups in total. The first-order chi connectivity index (χ1) is 13.1. The third-order valence-corrected chi connectivity index (χ3v) is 3.79. The van der Waals surface area contributed by atoms with Gasteiger partial charge in [0.2, 0.25) is 5.67 Å². The zero-order valence-corrected chi connectivity index (χ0v) is 13.6. The monoisotopic (exact) mass is 512 g/mol. The maximum Gasteiger partial charge on any atom is 0.460 e. The first-order valence-electron chi connectivity index (χ1n) is 6.74. The molecule has 0 bridgehead atoms. The van der Waals surface area contributed by atoms with Gasteiger partial charge in [-0.3, -0.25) is 0 Å². The Balaban J connectivity index is 6.91. The summed E-state index contributed by atoms with van der Waals surface area (Å²) in [5, 5.41) is 16.3. The van der Waals surface area contributed by atoms with Crippen LogP contribution in [-0.4, -0.2) is 76.7 Å². The fourth-order valence-corrected chi connectivity index (χ4v) is 1.69. The van der Waals surface area contributed by atoms with Gasteiger partial charge in [0.15, 0.2) is 0 Å². The van der Waals surface area contributed by atoms with E-state index in [9.17, 15) is 79.0 Å². The van der Waals surface area contributed by atoms with Crippen LogP contribution in [0, 0.1) is 0 Å². The summed E-state index contributed by atoms with van der Waals surface area (Å²) in [6.45, 7) is -6.21. The molecular weight excluding hydrogens is 506 g/mol. The molecule has 188 valence electrons. The molecule has 0 radical (unpaired) electrons. The van der Waals surface area contributed by atoms with Gasteiger partial charge < -0.3 is 10.2 Å². The lowest BCUT2D eigenvalue weighted by atomic mass is 9.84. The topological polar surface area (TPSA) is 40.5 Å². The number of rotatable bonds is 9. The second kappa shape index (κ2) is 7.34. The van der Waals surface area contributed by atoms with Gasteiger partial charge in [-0.2, -0.15) is 74.6 Å². The SMILES string of the molecule is OCC(F)(CO)C(F)(F)C(F)(F)C(F)(F)C(F)(F)C(F)(F)C(F)(F)C(F)(F)C(F)(F)F. The van der Waals surface area contributed by atoms with Gasteiger partial charge in [-0.15, -0.1) is 0 Å². The Labute approximate surface area is 157 Å². The molecule has 0 aliphatic rings. The fraction of sp³-hybridized carbons (Fsp3) is 1.00. The van der Waals surface area contributed by atoms with Crippen molar-refractivity contribution in [3.63, 3.8) is 0 Å². The Morgan fingerprint density at radius 3 is 0.710 bits per heavy atom. The zero-order chi connectivity index (χ0) is 25.9. The van der Waals surface area contributed by atoms with Gasteiger partial charge in [0.1, 0.15) is 0 Å². The molecule has 0 fully saturated rings. The van der Waals surface area contributed by atoms with Crippen LogP contribution < -0.4 is 0 Å². The van der Waals surface area contributed by atoms with Crippen LogP contribution in [0.4, 0.5) is 79.0 Å². The summed E-state index contributed by atoms with van der Waals surface area (Å²) in [7, 11) is 0. The molecule has 0 atom stereocenters. The molecule has 31 heavy (non-hydrogen) atoms. The van der Waals surface area contributed by atoms with Crippen molar-refractivity contribution in [1.29, 1.82) is 0 Å². The standard InChI is InChI=1S/C11H6F18O2/c12-3(1-30,2-31)4(13,14)5(15,16)6(17,18)7(19,20)8(21,22)9(23,24)10(25,26)11(27,28)29/h30-31H,1-2H2. The molecule has 0 spiro atoms. The normalized spacial score (nSPS) is 16.6. The average molecular weight is 512 g/mol. The van der Waals surface area contributed by atoms with E-state index >= 15 is 0 Å². The predicted octanol–water partition coefficient (Wildman–Crippen LogP) is 4.69. The van der Waals surface area contributed by atoms with E-state index in [1.807, 2.05) is 0 Å². The number of aliphatic hydroxyl groups is 2. The second-order valence-electron chi connectivity index (χ2n) is 5.80. The van der Waals surface area contributed by atoms with Crippen molar-refractivity contribution in [3.8, 4) is 0 Å². The van der Waals surface area contributed by atoms with Crippen LogP contribution in [0.1, 0.15) is 0 Å². The summed E-state index contributed by atoms with van der Waals surface area (Å²) in [5.41, 5.74) is -5.73. The van der Waals surface area contributed by atoms with Crippen LogP contribution in [0.5, 0.6) is 0 Å². The molecular formula is C11H6F18O2. The molecule has 2 nitrogen and oxygen atoms in total. The maximum atomic E-state index is 13.4. The number of hydrogen-bond acceptors (Lipinski definition) is 2. The summed E-state index contributed by atoms with van der Waals surface area (Å²) in [6, 6.07) is 0. The molecule has 0 aliphatic carbocycles. The number of halogens is 18. The van der Waals surface area contributed by atoms with Gasteiger partial charge in [-0.1, -0.05) is 0 Å². The molecule has 0 unspecified atom stereocenters. The minimum atomic E-state index is -8.85. The van der Waals surface area contributed by atoms with Crippen LogP contribution in [0.3, 0.4) is 0 Å². The van der Waals surface area contributed by atoms with Crippen molar-refractivity contribution >= 4 is 0 Å². The molecule has 0 aliphatic heterocycles. The van der Waals surface area contributed by atoms with Crippen LogP contribution in [0.15, 0.2) is 0 Å². The zero-order valence-electron chi connectivity index (χ0n) is 13.6. The lowest BCUT2D eigenvalue weighted by molar-refractivity contribution is -0.466. The van der Waals surface area contributed by atoms with E-state index in [2.05, 4.69) is 0 Å². The van der Waals surface area contributed by atoms with Crippen molar-refractivity contribution in [2.45, 2.75) is 53.3 Å². The molecule has 0 saturated heterocycles. The van der Waals surface area contributed by atoms with E-state index in [0.717, 1.165) is 0 Å². The average Bonchev–Trinajstić information content (AvgIpc) is 2.58. The fourth-order valence-electron chi connectivity index (χ4n) is 1.69. The first kappa shape index (κ1) is 29.7. The summed E-state index contributed by atoms with van der Waals surface area (Å²) < 4.78 is 233. The smallest absolute Gasteiger partial charge is 0.393 e. The molecule has 0 amide bonds. The highest BCUT2D eigenvalue weighted by molar-refractivity contribution is 5.17. The van der Waals surface area contributed by atoms with Crippen molar-refractivity contribution in [2.75, 3.05) is 13.2 Å². The minimum absolute atomic E-state index is 3.10. The van der Waals surface area contributed by atoms with Gasteiger partial charge in [-0.05, 0) is 0 Å².